The number of carbonyl (C=O) groups excluding carboxylic acids is 1. The first kappa shape index (κ1) is 22.5. The van der Waals surface area contributed by atoms with Crippen LogP contribution in [-0.4, -0.2) is 38.0 Å². The van der Waals surface area contributed by atoms with E-state index < -0.39 is 0 Å². The number of guanidine groups is 1. The molecule has 1 aliphatic rings. The van der Waals surface area contributed by atoms with E-state index in [1.54, 1.807) is 0 Å². The first-order chi connectivity index (χ1) is 10.8. The van der Waals surface area contributed by atoms with Crippen LogP contribution in [-0.2, 0) is 4.79 Å². The van der Waals surface area contributed by atoms with Gasteiger partial charge in [0.25, 0.3) is 0 Å². The Labute approximate surface area is 158 Å². The van der Waals surface area contributed by atoms with Crippen LogP contribution in [0.5, 0.6) is 0 Å². The fraction of sp³-hybridized carbons (Fsp3) is 0.882. The summed E-state index contributed by atoms with van der Waals surface area (Å²) in [7, 11) is 0. The molecule has 5 nitrogen and oxygen atoms in total. The Morgan fingerprint density at radius 3 is 2.35 bits per heavy atom. The van der Waals surface area contributed by atoms with Crippen molar-refractivity contribution >= 4 is 35.8 Å². The summed E-state index contributed by atoms with van der Waals surface area (Å²) < 4.78 is 0. The van der Waals surface area contributed by atoms with Crippen LogP contribution in [0.25, 0.3) is 0 Å². The maximum Gasteiger partial charge on any atom is 0.223 e. The number of nitrogens with one attached hydrogen (secondary N) is 3. The molecular formula is C17H35IN4O. The van der Waals surface area contributed by atoms with E-state index in [1.807, 2.05) is 0 Å². The van der Waals surface area contributed by atoms with Crippen molar-refractivity contribution in [1.82, 2.24) is 16.0 Å². The van der Waals surface area contributed by atoms with Crippen molar-refractivity contribution in [2.24, 2.45) is 10.9 Å². The van der Waals surface area contributed by atoms with Crippen LogP contribution in [0, 0.1) is 5.92 Å². The first-order valence-electron chi connectivity index (χ1n) is 9.07. The van der Waals surface area contributed by atoms with Gasteiger partial charge in [0.2, 0.25) is 5.91 Å². The van der Waals surface area contributed by atoms with E-state index in [1.165, 1.54) is 32.1 Å². The Morgan fingerprint density at radius 2 is 1.70 bits per heavy atom. The van der Waals surface area contributed by atoms with Crippen LogP contribution in [0.4, 0.5) is 0 Å². The number of unbranched alkanes of at least 4 members (excludes halogenated alkanes) is 2. The minimum atomic E-state index is 0. The molecule has 1 fully saturated rings. The number of amides is 1. The van der Waals surface area contributed by atoms with Gasteiger partial charge >= 0.3 is 0 Å². The molecular weight excluding hydrogens is 403 g/mol. The van der Waals surface area contributed by atoms with Crippen LogP contribution in [0.1, 0.15) is 65.2 Å². The van der Waals surface area contributed by atoms with E-state index in [9.17, 15) is 4.79 Å². The number of aliphatic imine (C=N–C) groups is 1. The Balaban J connectivity index is 0.00000484. The third-order valence-electron chi connectivity index (χ3n) is 4.07. The lowest BCUT2D eigenvalue weighted by Crippen LogP contribution is -2.42. The molecule has 0 saturated heterocycles. The third kappa shape index (κ3) is 10.8. The predicted molar refractivity (Wildman–Crippen MR) is 109 cm³/mol. The van der Waals surface area contributed by atoms with Crippen molar-refractivity contribution in [1.29, 1.82) is 0 Å². The van der Waals surface area contributed by atoms with E-state index in [0.717, 1.165) is 44.9 Å². The highest BCUT2D eigenvalue weighted by Gasteiger charge is 2.20. The molecule has 6 heteroatoms. The van der Waals surface area contributed by atoms with E-state index in [4.69, 9.17) is 0 Å². The van der Waals surface area contributed by atoms with Crippen LogP contribution in [0.15, 0.2) is 4.99 Å². The van der Waals surface area contributed by atoms with Crippen LogP contribution in [0.2, 0.25) is 0 Å². The summed E-state index contributed by atoms with van der Waals surface area (Å²) in [6.45, 7) is 7.36. The average Bonchev–Trinajstić information content (AvgIpc) is 2.56. The maximum absolute atomic E-state index is 12.0. The van der Waals surface area contributed by atoms with Gasteiger partial charge in [0, 0.05) is 32.1 Å². The second-order valence-electron chi connectivity index (χ2n) is 6.02. The Kier molecular flexibility index (Phi) is 14.7. The lowest BCUT2D eigenvalue weighted by atomic mass is 9.89. The monoisotopic (exact) mass is 438 g/mol. The molecule has 0 aromatic carbocycles. The van der Waals surface area contributed by atoms with Gasteiger partial charge in [-0.2, -0.15) is 0 Å². The zero-order valence-electron chi connectivity index (χ0n) is 14.8. The van der Waals surface area contributed by atoms with Crippen LogP contribution >= 0.6 is 24.0 Å². The molecule has 0 aliphatic heterocycles. The molecule has 0 radical (unpaired) electrons. The number of nitrogens with zero attached hydrogens (tertiary/aromatic N) is 1. The van der Waals surface area contributed by atoms with Gasteiger partial charge in [-0.1, -0.05) is 39.0 Å². The van der Waals surface area contributed by atoms with Crippen LogP contribution < -0.4 is 16.0 Å². The fourth-order valence-corrected chi connectivity index (χ4v) is 2.77. The highest BCUT2D eigenvalue weighted by Crippen LogP contribution is 2.23. The summed E-state index contributed by atoms with van der Waals surface area (Å²) in [6, 6.07) is 0. The molecule has 0 spiro atoms. The summed E-state index contributed by atoms with van der Waals surface area (Å²) >= 11 is 0. The van der Waals surface area contributed by atoms with E-state index >= 15 is 0 Å². The summed E-state index contributed by atoms with van der Waals surface area (Å²) in [5.74, 6) is 1.32. The van der Waals surface area contributed by atoms with Crippen molar-refractivity contribution < 1.29 is 4.79 Å². The quantitative estimate of drug-likeness (QED) is 0.224. The number of rotatable bonds is 9. The Hall–Kier alpha value is -0.530. The lowest BCUT2D eigenvalue weighted by Gasteiger charge is -2.21. The SMILES string of the molecule is CCCCCN=C(NCC)NCCNC(=O)C1CCCCC1.I. The van der Waals surface area contributed by atoms with Gasteiger partial charge in [0.15, 0.2) is 5.96 Å². The second-order valence-corrected chi connectivity index (χ2v) is 6.02. The van der Waals surface area contributed by atoms with E-state index in [0.29, 0.717) is 6.54 Å². The van der Waals surface area contributed by atoms with Gasteiger partial charge in [0.05, 0.1) is 0 Å². The number of halogens is 1. The van der Waals surface area contributed by atoms with Crippen molar-refractivity contribution in [3.63, 3.8) is 0 Å². The number of carbonyl (C=O) groups is 1. The molecule has 3 N–H and O–H groups in total. The van der Waals surface area contributed by atoms with Gasteiger partial charge in [-0.15, -0.1) is 24.0 Å². The minimum absolute atomic E-state index is 0. The maximum atomic E-state index is 12.0. The Morgan fingerprint density at radius 1 is 1.00 bits per heavy atom. The zero-order valence-corrected chi connectivity index (χ0v) is 17.2. The van der Waals surface area contributed by atoms with Crippen LogP contribution in [0.3, 0.4) is 0 Å². The summed E-state index contributed by atoms with van der Waals surface area (Å²) in [6.07, 6.45) is 9.36. The van der Waals surface area contributed by atoms with Gasteiger partial charge in [-0.05, 0) is 26.2 Å². The Bertz CT molecular complexity index is 331. The number of hydrogen-bond acceptors (Lipinski definition) is 2. The van der Waals surface area contributed by atoms with E-state index in [-0.39, 0.29) is 35.8 Å². The smallest absolute Gasteiger partial charge is 0.223 e. The van der Waals surface area contributed by atoms with Crippen molar-refractivity contribution in [3.05, 3.63) is 0 Å². The molecule has 0 aromatic heterocycles. The highest BCUT2D eigenvalue weighted by atomic mass is 127. The molecule has 1 saturated carbocycles. The summed E-state index contributed by atoms with van der Waals surface area (Å²) in [5, 5.41) is 9.56. The van der Waals surface area contributed by atoms with Crippen molar-refractivity contribution in [2.75, 3.05) is 26.2 Å². The minimum Gasteiger partial charge on any atom is -0.357 e. The lowest BCUT2D eigenvalue weighted by molar-refractivity contribution is -0.125. The van der Waals surface area contributed by atoms with Gasteiger partial charge < -0.3 is 16.0 Å². The van der Waals surface area contributed by atoms with Gasteiger partial charge in [-0.3, -0.25) is 9.79 Å². The molecule has 136 valence electrons. The first-order valence-corrected chi connectivity index (χ1v) is 9.07. The molecule has 1 rings (SSSR count). The normalized spacial score (nSPS) is 15.7. The predicted octanol–water partition coefficient (Wildman–Crippen LogP) is 3.05. The summed E-state index contributed by atoms with van der Waals surface area (Å²) in [4.78, 5) is 16.6. The molecule has 1 amide bonds. The highest BCUT2D eigenvalue weighted by molar-refractivity contribution is 14.0. The standard InChI is InChI=1S/C17H34N4O.HI/c1-3-5-9-12-20-17(18-4-2)21-14-13-19-16(22)15-10-7-6-8-11-15;/h15H,3-14H2,1-2H3,(H,19,22)(H2,18,20,21);1H. The topological polar surface area (TPSA) is 65.5 Å². The van der Waals surface area contributed by atoms with Crippen molar-refractivity contribution in [2.45, 2.75) is 65.2 Å². The third-order valence-corrected chi connectivity index (χ3v) is 4.07. The van der Waals surface area contributed by atoms with Gasteiger partial charge in [-0.25, -0.2) is 0 Å². The molecule has 0 atom stereocenters. The zero-order chi connectivity index (χ0) is 16.0. The van der Waals surface area contributed by atoms with Gasteiger partial charge in [0.1, 0.15) is 0 Å². The number of hydrogen-bond donors (Lipinski definition) is 3. The average molecular weight is 438 g/mol. The van der Waals surface area contributed by atoms with E-state index in [2.05, 4.69) is 34.8 Å². The summed E-state index contributed by atoms with van der Waals surface area (Å²) in [5.41, 5.74) is 0. The molecule has 0 heterocycles. The molecule has 1 aliphatic carbocycles. The molecule has 0 bridgehead atoms. The second kappa shape index (κ2) is 15.0. The van der Waals surface area contributed by atoms with Crippen molar-refractivity contribution in [3.8, 4) is 0 Å². The largest absolute Gasteiger partial charge is 0.357 e. The molecule has 23 heavy (non-hydrogen) atoms. The molecule has 0 aromatic rings. The molecule has 0 unspecified atom stereocenters. The fourth-order valence-electron chi connectivity index (χ4n) is 2.77.